The van der Waals surface area contributed by atoms with Gasteiger partial charge in [-0.05, 0) is 19.3 Å². The van der Waals surface area contributed by atoms with Gasteiger partial charge in [0.1, 0.15) is 0 Å². The van der Waals surface area contributed by atoms with E-state index in [1.807, 2.05) is 0 Å². The molecule has 0 aliphatic carbocycles. The summed E-state index contributed by atoms with van der Waals surface area (Å²) in [5.41, 5.74) is 0. The van der Waals surface area contributed by atoms with Gasteiger partial charge in [0.15, 0.2) is 0 Å². The molecule has 0 bridgehead atoms. The third-order valence-electron chi connectivity index (χ3n) is 2.86. The Balaban J connectivity index is 3.92. The number of hydrogen-bond donors (Lipinski definition) is 2. The van der Waals surface area contributed by atoms with Crippen LogP contribution in [0.25, 0.3) is 0 Å². The lowest BCUT2D eigenvalue weighted by Crippen LogP contribution is -2.17. The molecular formula is C12H22O6. The van der Waals surface area contributed by atoms with Crippen LogP contribution in [0, 0.1) is 5.92 Å². The first kappa shape index (κ1) is 16.9. The van der Waals surface area contributed by atoms with E-state index in [9.17, 15) is 9.59 Å². The molecule has 0 heterocycles. The van der Waals surface area contributed by atoms with Gasteiger partial charge >= 0.3 is 11.9 Å². The molecular weight excluding hydrogens is 240 g/mol. The smallest absolute Gasteiger partial charge is 0.301 e. The van der Waals surface area contributed by atoms with Gasteiger partial charge < -0.3 is 9.78 Å². The Bertz CT molecular complexity index is 241. The minimum Gasteiger partial charge on any atom is -0.301 e. The molecule has 0 saturated carbocycles. The van der Waals surface area contributed by atoms with Crippen LogP contribution >= 0.6 is 0 Å². The van der Waals surface area contributed by atoms with Gasteiger partial charge in [-0.2, -0.15) is 10.5 Å². The lowest BCUT2D eigenvalue weighted by Gasteiger charge is -2.12. The van der Waals surface area contributed by atoms with E-state index >= 15 is 0 Å². The van der Waals surface area contributed by atoms with Gasteiger partial charge in [-0.25, -0.2) is 9.59 Å². The van der Waals surface area contributed by atoms with Crippen LogP contribution in [0.3, 0.4) is 0 Å². The molecule has 0 aliphatic rings. The van der Waals surface area contributed by atoms with E-state index < -0.39 is 17.9 Å². The van der Waals surface area contributed by atoms with Crippen molar-refractivity contribution < 1.29 is 29.9 Å². The number of hydrogen-bond acceptors (Lipinski definition) is 6. The second kappa shape index (κ2) is 11.0. The maximum atomic E-state index is 11.3. The van der Waals surface area contributed by atoms with E-state index in [0.717, 1.165) is 25.7 Å². The SMILES string of the molecule is CCCCCCC(CCCC(=O)OO)C(=O)OO. The molecule has 0 aromatic rings. The van der Waals surface area contributed by atoms with Gasteiger partial charge in [0.05, 0.1) is 5.92 Å². The van der Waals surface area contributed by atoms with Crippen molar-refractivity contribution in [2.75, 3.05) is 0 Å². The summed E-state index contributed by atoms with van der Waals surface area (Å²) in [4.78, 5) is 29.3. The first-order chi connectivity index (χ1) is 8.65. The number of rotatable bonds is 10. The van der Waals surface area contributed by atoms with Crippen molar-refractivity contribution in [3.8, 4) is 0 Å². The van der Waals surface area contributed by atoms with Crippen LogP contribution in [0.4, 0.5) is 0 Å². The summed E-state index contributed by atoms with van der Waals surface area (Å²) in [5.74, 6) is -1.79. The summed E-state index contributed by atoms with van der Waals surface area (Å²) >= 11 is 0. The topological polar surface area (TPSA) is 93.1 Å². The summed E-state index contributed by atoms with van der Waals surface area (Å²) in [6.45, 7) is 2.10. The molecule has 0 saturated heterocycles. The van der Waals surface area contributed by atoms with Crippen LogP contribution in [0.15, 0.2) is 0 Å². The highest BCUT2D eigenvalue weighted by atomic mass is 17.1. The number of unbranched alkanes of at least 4 members (excludes halogenated alkanes) is 3. The van der Waals surface area contributed by atoms with E-state index in [0.29, 0.717) is 19.3 Å². The largest absolute Gasteiger partial charge is 0.345 e. The maximum Gasteiger partial charge on any atom is 0.345 e. The van der Waals surface area contributed by atoms with Crippen molar-refractivity contribution in [1.29, 1.82) is 0 Å². The second-order valence-corrected chi connectivity index (χ2v) is 4.31. The van der Waals surface area contributed by atoms with E-state index in [-0.39, 0.29) is 6.42 Å². The summed E-state index contributed by atoms with van der Waals surface area (Å²) in [6, 6.07) is 0. The molecule has 106 valence electrons. The van der Waals surface area contributed by atoms with Crippen molar-refractivity contribution in [3.63, 3.8) is 0 Å². The predicted octanol–water partition coefficient (Wildman–Crippen LogP) is 2.78. The van der Waals surface area contributed by atoms with Crippen molar-refractivity contribution in [2.24, 2.45) is 5.92 Å². The Kier molecular flexibility index (Phi) is 10.3. The zero-order valence-corrected chi connectivity index (χ0v) is 10.8. The van der Waals surface area contributed by atoms with Crippen LogP contribution in [0.2, 0.25) is 0 Å². The van der Waals surface area contributed by atoms with Crippen LogP contribution in [0.5, 0.6) is 0 Å². The summed E-state index contributed by atoms with van der Waals surface area (Å²) in [7, 11) is 0. The van der Waals surface area contributed by atoms with E-state index in [1.165, 1.54) is 0 Å². The van der Waals surface area contributed by atoms with Crippen molar-refractivity contribution in [2.45, 2.75) is 58.3 Å². The molecule has 18 heavy (non-hydrogen) atoms. The zero-order chi connectivity index (χ0) is 13.8. The molecule has 6 heteroatoms. The normalized spacial score (nSPS) is 11.9. The summed E-state index contributed by atoms with van der Waals surface area (Å²) < 4.78 is 0. The van der Waals surface area contributed by atoms with Crippen molar-refractivity contribution >= 4 is 11.9 Å². The van der Waals surface area contributed by atoms with Crippen molar-refractivity contribution in [3.05, 3.63) is 0 Å². The third-order valence-corrected chi connectivity index (χ3v) is 2.86. The first-order valence-corrected chi connectivity index (χ1v) is 6.35. The minimum atomic E-state index is -0.725. The number of carbonyl (C=O) groups is 2. The standard InChI is InChI=1S/C12H22O6/c1-2-3-4-5-7-10(12(14)18-16)8-6-9-11(13)17-15/h10,15-16H,2-9H2,1H3. The van der Waals surface area contributed by atoms with Gasteiger partial charge in [0, 0.05) is 6.42 Å². The first-order valence-electron chi connectivity index (χ1n) is 6.35. The Hall–Kier alpha value is -1.14. The van der Waals surface area contributed by atoms with Crippen LogP contribution < -0.4 is 0 Å². The highest BCUT2D eigenvalue weighted by molar-refractivity contribution is 5.72. The van der Waals surface area contributed by atoms with Crippen LogP contribution in [-0.4, -0.2) is 22.5 Å². The van der Waals surface area contributed by atoms with E-state index in [2.05, 4.69) is 16.7 Å². The number of carbonyl (C=O) groups excluding carboxylic acids is 2. The van der Waals surface area contributed by atoms with E-state index in [4.69, 9.17) is 10.5 Å². The zero-order valence-electron chi connectivity index (χ0n) is 10.8. The predicted molar refractivity (Wildman–Crippen MR) is 63.5 cm³/mol. The highest BCUT2D eigenvalue weighted by Crippen LogP contribution is 2.18. The van der Waals surface area contributed by atoms with Gasteiger partial charge in [-0.15, -0.1) is 0 Å². The Morgan fingerprint density at radius 1 is 1.00 bits per heavy atom. The molecule has 0 spiro atoms. The molecule has 0 aromatic heterocycles. The molecule has 0 amide bonds. The fraction of sp³-hybridized carbons (Fsp3) is 0.833. The average molecular weight is 262 g/mol. The third kappa shape index (κ3) is 8.03. The Labute approximate surface area is 107 Å². The summed E-state index contributed by atoms with van der Waals surface area (Å²) in [6.07, 6.45) is 5.65. The van der Waals surface area contributed by atoms with Crippen LogP contribution in [0.1, 0.15) is 58.3 Å². The lowest BCUT2D eigenvalue weighted by molar-refractivity contribution is -0.240. The molecule has 0 fully saturated rings. The van der Waals surface area contributed by atoms with Gasteiger partial charge in [-0.1, -0.05) is 32.6 Å². The Morgan fingerprint density at radius 3 is 2.22 bits per heavy atom. The quantitative estimate of drug-likeness (QED) is 0.357. The highest BCUT2D eigenvalue weighted by Gasteiger charge is 2.20. The lowest BCUT2D eigenvalue weighted by atomic mass is 9.95. The Morgan fingerprint density at radius 2 is 1.67 bits per heavy atom. The summed E-state index contributed by atoms with van der Waals surface area (Å²) in [5, 5.41) is 16.5. The van der Waals surface area contributed by atoms with Crippen molar-refractivity contribution in [1.82, 2.24) is 0 Å². The fourth-order valence-electron chi connectivity index (χ4n) is 1.81. The maximum absolute atomic E-state index is 11.3. The van der Waals surface area contributed by atoms with E-state index in [1.54, 1.807) is 0 Å². The molecule has 0 aromatic carbocycles. The molecule has 0 radical (unpaired) electrons. The monoisotopic (exact) mass is 262 g/mol. The van der Waals surface area contributed by atoms with Gasteiger partial charge in [0.25, 0.3) is 0 Å². The van der Waals surface area contributed by atoms with Crippen LogP contribution in [-0.2, 0) is 19.4 Å². The molecule has 0 aliphatic heterocycles. The molecule has 1 unspecified atom stereocenters. The fourth-order valence-corrected chi connectivity index (χ4v) is 1.81. The average Bonchev–Trinajstić information content (AvgIpc) is 2.40. The second-order valence-electron chi connectivity index (χ2n) is 4.31. The molecule has 6 nitrogen and oxygen atoms in total. The molecule has 1 atom stereocenters. The molecule has 2 N–H and O–H groups in total. The van der Waals surface area contributed by atoms with Gasteiger partial charge in [-0.3, -0.25) is 0 Å². The minimum absolute atomic E-state index is 0.0423. The van der Waals surface area contributed by atoms with Gasteiger partial charge in [0.2, 0.25) is 0 Å². The molecule has 0 rings (SSSR count).